The van der Waals surface area contributed by atoms with Gasteiger partial charge < -0.3 is 5.73 Å². The van der Waals surface area contributed by atoms with Gasteiger partial charge in [-0.2, -0.15) is 10.4 Å². The van der Waals surface area contributed by atoms with Gasteiger partial charge in [0.1, 0.15) is 17.5 Å². The molecule has 19 heavy (non-hydrogen) atoms. The van der Waals surface area contributed by atoms with E-state index in [0.717, 1.165) is 31.5 Å². The number of nitrogens with two attached hydrogens (primary N) is 1. The molecule has 0 saturated heterocycles. The molecule has 0 radical (unpaired) electrons. The average Bonchev–Trinajstić information content (AvgIpc) is 2.76. The van der Waals surface area contributed by atoms with Crippen molar-refractivity contribution in [3.05, 3.63) is 47.2 Å². The van der Waals surface area contributed by atoms with Crippen molar-refractivity contribution in [3.63, 3.8) is 0 Å². The number of nitrogen functional groups attached to an aromatic ring is 1. The fraction of sp³-hybridized carbons (Fsp3) is 0.333. The number of aryl methyl sites for hydroxylation is 3. The molecular weight excluding hydrogens is 236 g/mol. The summed E-state index contributed by atoms with van der Waals surface area (Å²) in [7, 11) is 0. The van der Waals surface area contributed by atoms with Gasteiger partial charge >= 0.3 is 0 Å². The molecular formula is C15H18N4. The molecule has 0 aliphatic carbocycles. The van der Waals surface area contributed by atoms with Crippen molar-refractivity contribution < 1.29 is 0 Å². The maximum atomic E-state index is 9.06. The van der Waals surface area contributed by atoms with E-state index in [1.165, 1.54) is 5.56 Å². The minimum Gasteiger partial charge on any atom is -0.383 e. The van der Waals surface area contributed by atoms with Crippen LogP contribution in [-0.4, -0.2) is 9.78 Å². The molecule has 0 amide bonds. The third kappa shape index (κ3) is 2.94. The Balaban J connectivity index is 2.01. The second-order valence-electron chi connectivity index (χ2n) is 4.48. The first-order valence-electron chi connectivity index (χ1n) is 6.55. The van der Waals surface area contributed by atoms with E-state index in [9.17, 15) is 0 Å². The van der Waals surface area contributed by atoms with Gasteiger partial charge in [-0.3, -0.25) is 0 Å². The van der Waals surface area contributed by atoms with E-state index in [1.807, 2.05) is 25.1 Å². The molecule has 1 aromatic carbocycles. The monoisotopic (exact) mass is 254 g/mol. The summed E-state index contributed by atoms with van der Waals surface area (Å²) in [5, 5.41) is 13.5. The van der Waals surface area contributed by atoms with Crippen LogP contribution >= 0.6 is 0 Å². The molecule has 2 rings (SSSR count). The fourth-order valence-electron chi connectivity index (χ4n) is 2.14. The first-order chi connectivity index (χ1) is 9.26. The molecule has 0 bridgehead atoms. The van der Waals surface area contributed by atoms with Gasteiger partial charge in [-0.1, -0.05) is 37.3 Å². The quantitative estimate of drug-likeness (QED) is 0.891. The van der Waals surface area contributed by atoms with Gasteiger partial charge in [0.15, 0.2) is 0 Å². The van der Waals surface area contributed by atoms with Crippen LogP contribution < -0.4 is 5.73 Å². The van der Waals surface area contributed by atoms with Gasteiger partial charge in [0, 0.05) is 6.54 Å². The van der Waals surface area contributed by atoms with E-state index in [1.54, 1.807) is 4.68 Å². The molecule has 98 valence electrons. The second-order valence-corrected chi connectivity index (χ2v) is 4.48. The molecule has 0 aliphatic rings. The minimum absolute atomic E-state index is 0.493. The topological polar surface area (TPSA) is 67.6 Å². The Hall–Kier alpha value is -2.28. The zero-order valence-electron chi connectivity index (χ0n) is 11.1. The maximum absolute atomic E-state index is 9.06. The van der Waals surface area contributed by atoms with Crippen molar-refractivity contribution in [2.24, 2.45) is 0 Å². The lowest BCUT2D eigenvalue weighted by Crippen LogP contribution is -2.06. The normalized spacial score (nSPS) is 10.3. The predicted octanol–water partition coefficient (Wildman–Crippen LogP) is 2.53. The lowest BCUT2D eigenvalue weighted by Gasteiger charge is -2.04. The van der Waals surface area contributed by atoms with Crippen molar-refractivity contribution in [2.45, 2.75) is 32.7 Å². The third-order valence-electron chi connectivity index (χ3n) is 3.19. The maximum Gasteiger partial charge on any atom is 0.140 e. The number of nitrogens with zero attached hydrogens (tertiary/aromatic N) is 3. The molecule has 1 aromatic heterocycles. The zero-order chi connectivity index (χ0) is 13.7. The molecule has 0 spiro atoms. The highest BCUT2D eigenvalue weighted by atomic mass is 15.3. The summed E-state index contributed by atoms with van der Waals surface area (Å²) >= 11 is 0. The molecule has 0 aliphatic heterocycles. The molecule has 0 saturated carbocycles. The fourth-order valence-corrected chi connectivity index (χ4v) is 2.14. The van der Waals surface area contributed by atoms with Crippen LogP contribution in [0.5, 0.6) is 0 Å². The van der Waals surface area contributed by atoms with Crippen LogP contribution in [0.1, 0.15) is 30.2 Å². The summed E-state index contributed by atoms with van der Waals surface area (Å²) in [6.07, 6.45) is 2.69. The van der Waals surface area contributed by atoms with E-state index in [-0.39, 0.29) is 0 Å². The highest BCUT2D eigenvalue weighted by Crippen LogP contribution is 2.17. The predicted molar refractivity (Wildman–Crippen MR) is 75.5 cm³/mol. The summed E-state index contributed by atoms with van der Waals surface area (Å²) in [4.78, 5) is 0. The van der Waals surface area contributed by atoms with E-state index in [0.29, 0.717) is 11.4 Å². The van der Waals surface area contributed by atoms with Gasteiger partial charge in [0.2, 0.25) is 0 Å². The van der Waals surface area contributed by atoms with Crippen LogP contribution in [0.3, 0.4) is 0 Å². The third-order valence-corrected chi connectivity index (χ3v) is 3.19. The Labute approximate surface area is 113 Å². The number of rotatable bonds is 5. The van der Waals surface area contributed by atoms with Crippen LogP contribution in [0.4, 0.5) is 5.82 Å². The van der Waals surface area contributed by atoms with E-state index >= 15 is 0 Å². The van der Waals surface area contributed by atoms with E-state index < -0.39 is 0 Å². The molecule has 4 nitrogen and oxygen atoms in total. The number of aromatic nitrogens is 2. The first-order valence-corrected chi connectivity index (χ1v) is 6.55. The Morgan fingerprint density at radius 1 is 1.32 bits per heavy atom. The Bertz CT molecular complexity index is 578. The Morgan fingerprint density at radius 2 is 2.05 bits per heavy atom. The smallest absolute Gasteiger partial charge is 0.140 e. The molecule has 2 aromatic rings. The van der Waals surface area contributed by atoms with Crippen LogP contribution in [0, 0.1) is 11.3 Å². The van der Waals surface area contributed by atoms with E-state index in [4.69, 9.17) is 11.0 Å². The molecule has 1 heterocycles. The highest BCUT2D eigenvalue weighted by molar-refractivity contribution is 5.52. The number of hydrogen-bond acceptors (Lipinski definition) is 3. The first kappa shape index (κ1) is 13.2. The van der Waals surface area contributed by atoms with Crippen molar-refractivity contribution in [3.8, 4) is 6.07 Å². The van der Waals surface area contributed by atoms with Gasteiger partial charge in [-0.05, 0) is 24.8 Å². The van der Waals surface area contributed by atoms with Crippen molar-refractivity contribution in [2.75, 3.05) is 5.73 Å². The van der Waals surface area contributed by atoms with Crippen LogP contribution in [0.2, 0.25) is 0 Å². The van der Waals surface area contributed by atoms with Gasteiger partial charge in [-0.25, -0.2) is 4.68 Å². The molecule has 0 atom stereocenters. The van der Waals surface area contributed by atoms with Crippen LogP contribution in [-0.2, 0) is 19.4 Å². The summed E-state index contributed by atoms with van der Waals surface area (Å²) in [5.74, 6) is 0.493. The summed E-state index contributed by atoms with van der Waals surface area (Å²) in [6.45, 7) is 2.73. The SMILES string of the molecule is CCc1nn(CCCc2ccccc2)c(N)c1C#N. The molecule has 0 fully saturated rings. The van der Waals surface area contributed by atoms with Crippen LogP contribution in [0.25, 0.3) is 0 Å². The zero-order valence-corrected chi connectivity index (χ0v) is 11.1. The summed E-state index contributed by atoms with van der Waals surface area (Å²) in [5.41, 5.74) is 8.58. The second kappa shape index (κ2) is 6.05. The Kier molecular flexibility index (Phi) is 4.19. The lowest BCUT2D eigenvalue weighted by molar-refractivity contribution is 0.580. The van der Waals surface area contributed by atoms with E-state index in [2.05, 4.69) is 23.3 Å². The van der Waals surface area contributed by atoms with Crippen molar-refractivity contribution >= 4 is 5.82 Å². The standard InChI is InChI=1S/C15H18N4/c1-2-14-13(11-16)15(17)19(18-14)10-6-9-12-7-4-3-5-8-12/h3-5,7-8H,2,6,9-10,17H2,1H3. The number of nitriles is 1. The molecule has 0 unspecified atom stereocenters. The number of hydrogen-bond donors (Lipinski definition) is 1. The summed E-state index contributed by atoms with van der Waals surface area (Å²) < 4.78 is 1.75. The number of benzene rings is 1. The van der Waals surface area contributed by atoms with Crippen molar-refractivity contribution in [1.82, 2.24) is 9.78 Å². The molecule has 4 heteroatoms. The van der Waals surface area contributed by atoms with Gasteiger partial charge in [-0.15, -0.1) is 0 Å². The van der Waals surface area contributed by atoms with Crippen LogP contribution in [0.15, 0.2) is 30.3 Å². The highest BCUT2D eigenvalue weighted by Gasteiger charge is 2.13. The minimum atomic E-state index is 0.493. The Morgan fingerprint density at radius 3 is 2.63 bits per heavy atom. The summed E-state index contributed by atoms with van der Waals surface area (Å²) in [6, 6.07) is 12.5. The largest absolute Gasteiger partial charge is 0.383 e. The average molecular weight is 254 g/mol. The van der Waals surface area contributed by atoms with Crippen molar-refractivity contribution in [1.29, 1.82) is 5.26 Å². The van der Waals surface area contributed by atoms with Gasteiger partial charge in [0.25, 0.3) is 0 Å². The van der Waals surface area contributed by atoms with Gasteiger partial charge in [0.05, 0.1) is 5.69 Å². The lowest BCUT2D eigenvalue weighted by atomic mass is 10.1. The number of anilines is 1. The molecule has 2 N–H and O–H groups in total.